The van der Waals surface area contributed by atoms with Crippen LogP contribution >= 0.6 is 0 Å². The van der Waals surface area contributed by atoms with Crippen LogP contribution in [0.2, 0.25) is 0 Å². The van der Waals surface area contributed by atoms with Gasteiger partial charge in [-0.2, -0.15) is 0 Å². The second kappa shape index (κ2) is 16.5. The molecule has 0 unspecified atom stereocenters. The average Bonchev–Trinajstić information content (AvgIpc) is 3.89. The minimum Gasteiger partial charge on any atom is -0.508 e. The van der Waals surface area contributed by atoms with Gasteiger partial charge in [0.05, 0.1) is 52.8 Å². The summed E-state index contributed by atoms with van der Waals surface area (Å²) in [7, 11) is 1.41. The number of nitrogens with zero attached hydrogens (tertiary/aromatic N) is 2. The highest BCUT2D eigenvalue weighted by molar-refractivity contribution is 6.35. The molecule has 334 valence electrons. The molecule has 8 aromatic carbocycles. The number of amides is 4. The van der Waals surface area contributed by atoms with Gasteiger partial charge in [-0.25, -0.2) is 9.80 Å². The van der Waals surface area contributed by atoms with E-state index in [1.807, 2.05) is 72.8 Å². The van der Waals surface area contributed by atoms with Gasteiger partial charge < -0.3 is 29.5 Å². The fourth-order valence-electron chi connectivity index (χ4n) is 9.52. The lowest BCUT2D eigenvalue weighted by atomic mass is 9.68. The Morgan fingerprint density at radius 2 is 0.882 bits per heavy atom. The van der Waals surface area contributed by atoms with E-state index < -0.39 is 35.7 Å². The second-order valence-electron chi connectivity index (χ2n) is 16.2. The number of methoxy groups -OCH3 is 1. The smallest absolute Gasteiger partial charge is 0.266 e. The Labute approximate surface area is 390 Å². The Balaban J connectivity index is 0.00000539. The first-order valence-corrected chi connectivity index (χ1v) is 21.2. The number of fused-ring (bicyclic) bond motifs is 5. The zero-order valence-corrected chi connectivity index (χ0v) is 35.5. The third-order valence-corrected chi connectivity index (χ3v) is 12.6. The summed E-state index contributed by atoms with van der Waals surface area (Å²) in [5.74, 6) is -0.651. The van der Waals surface area contributed by atoms with Crippen LogP contribution in [0.4, 0.5) is 11.4 Å². The molecule has 0 saturated heterocycles. The van der Waals surface area contributed by atoms with E-state index in [0.29, 0.717) is 23.0 Å². The van der Waals surface area contributed by atoms with Crippen LogP contribution in [0.25, 0.3) is 11.1 Å². The number of aliphatic hydroxyl groups excluding tert-OH is 1. The lowest BCUT2D eigenvalue weighted by Crippen LogP contribution is -2.29. The normalized spacial score (nSPS) is 14.0. The monoisotopic (exact) mass is 900 g/mol. The van der Waals surface area contributed by atoms with Crippen LogP contribution in [0.5, 0.6) is 40.2 Å². The topological polar surface area (TPSA) is 163 Å². The van der Waals surface area contributed by atoms with Crippen molar-refractivity contribution in [1.29, 1.82) is 0 Å². The Bertz CT molecular complexity index is 3170. The number of benzene rings is 8. The van der Waals surface area contributed by atoms with Crippen molar-refractivity contribution in [2.45, 2.75) is 19.4 Å². The third-order valence-electron chi connectivity index (χ3n) is 12.6. The van der Waals surface area contributed by atoms with Crippen molar-refractivity contribution in [3.63, 3.8) is 0 Å². The fraction of sp³-hybridized carbons (Fsp3) is 0.0714. The van der Waals surface area contributed by atoms with Crippen LogP contribution in [0.3, 0.4) is 0 Å². The van der Waals surface area contributed by atoms with E-state index in [-0.39, 0.29) is 63.9 Å². The first kappa shape index (κ1) is 42.9. The lowest BCUT2D eigenvalue weighted by molar-refractivity contribution is 0.0910. The SMILES string of the molecule is C.COc1ccc(N2C(=O)c3ccc(Oc4ccc(C5(c6ccc(Oc7ccc8c(c7)C(=O)N(c7ccc(CO)c(O)c7)C8=O)cc6)c6ccccc6-c6ccccc65)cc4)cc3C2=O)cc1O. The van der Waals surface area contributed by atoms with Crippen LogP contribution < -0.4 is 24.0 Å². The molecule has 0 aromatic heterocycles. The van der Waals surface area contributed by atoms with E-state index in [1.165, 1.54) is 49.6 Å². The molecule has 12 nitrogen and oxygen atoms in total. The van der Waals surface area contributed by atoms with Gasteiger partial charge in [-0.1, -0.05) is 86.3 Å². The number of aliphatic hydroxyl groups is 1. The van der Waals surface area contributed by atoms with E-state index in [0.717, 1.165) is 43.2 Å². The molecule has 0 saturated carbocycles. The second-order valence-corrected chi connectivity index (χ2v) is 16.2. The van der Waals surface area contributed by atoms with Gasteiger partial charge in [-0.05, 0) is 112 Å². The molecule has 3 N–H and O–H groups in total. The fourth-order valence-corrected chi connectivity index (χ4v) is 9.52. The number of anilines is 2. The number of carbonyl (C=O) groups excluding carboxylic acids is 4. The molecule has 68 heavy (non-hydrogen) atoms. The Kier molecular flexibility index (Phi) is 10.4. The molecule has 3 aliphatic rings. The Morgan fingerprint density at radius 3 is 1.32 bits per heavy atom. The predicted octanol–water partition coefficient (Wildman–Crippen LogP) is 10.8. The highest BCUT2D eigenvalue weighted by atomic mass is 16.5. The van der Waals surface area contributed by atoms with Gasteiger partial charge in [-0.15, -0.1) is 0 Å². The van der Waals surface area contributed by atoms with Gasteiger partial charge in [0.25, 0.3) is 23.6 Å². The Hall–Kier alpha value is -9.00. The zero-order chi connectivity index (χ0) is 46.1. The molecule has 8 aromatic rings. The minimum absolute atomic E-state index is 0. The number of aromatic hydroxyl groups is 2. The summed E-state index contributed by atoms with van der Waals surface area (Å²) < 4.78 is 17.7. The number of hydrogen-bond acceptors (Lipinski definition) is 10. The molecule has 0 bridgehead atoms. The standard InChI is InChI=1S/C55H36N2O10.CH4/c1-65-50-25-16-35(27-49(50)60)57-52(62)43-24-22-39(29-45(43)54(57)64)67-37-19-13-33(14-20-37)55(46-8-4-2-6-40(46)41-7-3-5-9-47(41)55)32-11-17-36(18-12-32)66-38-21-23-42-44(28-38)53(63)56(51(42)61)34-15-10-31(30-58)48(59)26-34;/h2-29,58-60H,30H2,1H3;1H4. The van der Waals surface area contributed by atoms with Crippen LogP contribution in [-0.4, -0.2) is 46.1 Å². The van der Waals surface area contributed by atoms with Gasteiger partial charge in [0.15, 0.2) is 11.5 Å². The minimum atomic E-state index is -0.766. The van der Waals surface area contributed by atoms with Gasteiger partial charge in [-0.3, -0.25) is 19.2 Å². The molecular formula is C56H40N2O10. The number of imide groups is 2. The van der Waals surface area contributed by atoms with Crippen molar-refractivity contribution in [1.82, 2.24) is 0 Å². The number of carbonyl (C=O) groups is 4. The molecule has 0 atom stereocenters. The van der Waals surface area contributed by atoms with E-state index >= 15 is 0 Å². The summed E-state index contributed by atoms with van der Waals surface area (Å²) in [4.78, 5) is 55.9. The van der Waals surface area contributed by atoms with Gasteiger partial charge in [0.2, 0.25) is 0 Å². The average molecular weight is 901 g/mol. The number of rotatable bonds is 10. The molecular weight excluding hydrogens is 861 g/mol. The molecule has 0 fully saturated rings. The van der Waals surface area contributed by atoms with Crippen LogP contribution in [0.1, 0.15) is 76.7 Å². The van der Waals surface area contributed by atoms with Crippen LogP contribution in [0, 0.1) is 0 Å². The van der Waals surface area contributed by atoms with Crippen LogP contribution in [0.15, 0.2) is 170 Å². The quantitative estimate of drug-likeness (QED) is 0.113. The summed E-state index contributed by atoms with van der Waals surface area (Å²) in [5.41, 5.74) is 6.95. The van der Waals surface area contributed by atoms with E-state index in [1.54, 1.807) is 30.3 Å². The molecule has 12 heteroatoms. The number of phenolic OH excluding ortho intramolecular Hbond substituents is 1. The van der Waals surface area contributed by atoms with Crippen molar-refractivity contribution >= 4 is 35.0 Å². The summed E-state index contributed by atoms with van der Waals surface area (Å²) in [5, 5.41) is 30.1. The van der Waals surface area contributed by atoms with E-state index in [2.05, 4.69) is 24.3 Å². The van der Waals surface area contributed by atoms with Crippen molar-refractivity contribution in [3.05, 3.63) is 220 Å². The first-order valence-electron chi connectivity index (χ1n) is 21.2. The molecule has 0 radical (unpaired) electrons. The van der Waals surface area contributed by atoms with Gasteiger partial charge in [0.1, 0.15) is 28.7 Å². The highest BCUT2D eigenvalue weighted by Crippen LogP contribution is 2.56. The van der Waals surface area contributed by atoms with Crippen molar-refractivity contribution in [2.75, 3.05) is 16.9 Å². The lowest BCUT2D eigenvalue weighted by Gasteiger charge is -2.34. The predicted molar refractivity (Wildman–Crippen MR) is 254 cm³/mol. The largest absolute Gasteiger partial charge is 0.508 e. The number of phenols is 2. The maximum Gasteiger partial charge on any atom is 0.266 e. The van der Waals surface area contributed by atoms with Crippen molar-refractivity contribution in [2.24, 2.45) is 0 Å². The maximum absolute atomic E-state index is 13.6. The molecule has 0 spiro atoms. The molecule has 2 heterocycles. The van der Waals surface area contributed by atoms with E-state index in [4.69, 9.17) is 14.2 Å². The molecule has 1 aliphatic carbocycles. The Morgan fingerprint density at radius 1 is 0.456 bits per heavy atom. The van der Waals surface area contributed by atoms with Crippen molar-refractivity contribution in [3.8, 4) is 51.4 Å². The van der Waals surface area contributed by atoms with Crippen LogP contribution in [-0.2, 0) is 12.0 Å². The highest BCUT2D eigenvalue weighted by Gasteiger charge is 2.46. The summed E-state index contributed by atoms with van der Waals surface area (Å²) >= 11 is 0. The van der Waals surface area contributed by atoms with Crippen molar-refractivity contribution < 1.29 is 48.7 Å². The third kappa shape index (κ3) is 6.57. The zero-order valence-electron chi connectivity index (χ0n) is 35.5. The maximum atomic E-state index is 13.6. The van der Waals surface area contributed by atoms with Gasteiger partial charge in [0, 0.05) is 17.7 Å². The summed E-state index contributed by atoms with van der Waals surface area (Å²) in [6.07, 6.45) is 0. The summed E-state index contributed by atoms with van der Waals surface area (Å²) in [6, 6.07) is 50.2. The molecule has 11 rings (SSSR count). The molecule has 4 amide bonds. The van der Waals surface area contributed by atoms with Gasteiger partial charge >= 0.3 is 0 Å². The van der Waals surface area contributed by atoms with E-state index in [9.17, 15) is 34.5 Å². The molecule has 2 aliphatic heterocycles. The number of hydrogen-bond donors (Lipinski definition) is 3. The number of ether oxygens (including phenoxy) is 3. The first-order chi connectivity index (χ1) is 32.6. The summed E-state index contributed by atoms with van der Waals surface area (Å²) in [6.45, 7) is -0.392.